The lowest BCUT2D eigenvalue weighted by molar-refractivity contribution is -0.139. The molecule has 0 fully saturated rings. The van der Waals surface area contributed by atoms with E-state index in [-0.39, 0.29) is 12.4 Å². The molecule has 17 heavy (non-hydrogen) atoms. The summed E-state index contributed by atoms with van der Waals surface area (Å²) >= 11 is 1.45. The Morgan fingerprint density at radius 2 is 2.53 bits per heavy atom. The highest BCUT2D eigenvalue weighted by molar-refractivity contribution is 7.13. The van der Waals surface area contributed by atoms with Crippen LogP contribution in [0.15, 0.2) is 17.8 Å². The predicted molar refractivity (Wildman–Crippen MR) is 63.7 cm³/mol. The summed E-state index contributed by atoms with van der Waals surface area (Å²) in [7, 11) is 1.37. The maximum absolute atomic E-state index is 11.0. The fraction of sp³-hybridized carbons (Fsp3) is 0.300. The van der Waals surface area contributed by atoms with Crippen molar-refractivity contribution in [3.8, 4) is 0 Å². The van der Waals surface area contributed by atoms with Crippen LogP contribution in [0, 0.1) is 0 Å². The van der Waals surface area contributed by atoms with Gasteiger partial charge in [-0.3, -0.25) is 4.79 Å². The minimum atomic E-state index is -0.284. The van der Waals surface area contributed by atoms with Gasteiger partial charge in [0.2, 0.25) is 0 Å². The number of nitrogens with one attached hydrogen (secondary N) is 2. The second kappa shape index (κ2) is 5.44. The molecule has 0 saturated carbocycles. The van der Waals surface area contributed by atoms with Gasteiger partial charge in [0.1, 0.15) is 5.82 Å². The Labute approximate surface area is 102 Å². The van der Waals surface area contributed by atoms with Gasteiger partial charge in [-0.25, -0.2) is 9.97 Å². The van der Waals surface area contributed by atoms with E-state index in [0.29, 0.717) is 12.2 Å². The third-order valence-corrected chi connectivity index (χ3v) is 2.92. The summed E-state index contributed by atoms with van der Waals surface area (Å²) in [6.45, 7) is 0.582. The van der Waals surface area contributed by atoms with Crippen LogP contribution in [0.4, 0.5) is 5.13 Å². The van der Waals surface area contributed by atoms with E-state index in [4.69, 9.17) is 0 Å². The average Bonchev–Trinajstić information content (AvgIpc) is 2.97. The molecule has 0 aliphatic heterocycles. The zero-order chi connectivity index (χ0) is 12.1. The van der Waals surface area contributed by atoms with Crippen molar-refractivity contribution in [2.24, 2.45) is 0 Å². The van der Waals surface area contributed by atoms with E-state index in [0.717, 1.165) is 11.0 Å². The highest BCUT2D eigenvalue weighted by Gasteiger charge is 2.07. The van der Waals surface area contributed by atoms with Crippen molar-refractivity contribution in [1.82, 2.24) is 15.0 Å². The molecule has 0 spiro atoms. The molecule has 0 saturated heterocycles. The number of ether oxygens (including phenoxy) is 1. The number of H-pyrrole nitrogens is 1. The first kappa shape index (κ1) is 11.6. The molecule has 0 amide bonds. The molecule has 2 heterocycles. The fourth-order valence-electron chi connectivity index (χ4n) is 1.24. The molecule has 0 aromatic carbocycles. The van der Waals surface area contributed by atoms with E-state index in [1.54, 1.807) is 12.4 Å². The van der Waals surface area contributed by atoms with Crippen molar-refractivity contribution < 1.29 is 9.53 Å². The largest absolute Gasteiger partial charge is 0.469 e. The summed E-state index contributed by atoms with van der Waals surface area (Å²) in [6.07, 6.45) is 3.67. The Bertz CT molecular complexity index is 480. The molecule has 2 aromatic rings. The van der Waals surface area contributed by atoms with Crippen LogP contribution in [0.1, 0.15) is 11.5 Å². The quantitative estimate of drug-likeness (QED) is 0.781. The van der Waals surface area contributed by atoms with Crippen LogP contribution < -0.4 is 5.32 Å². The third kappa shape index (κ3) is 3.28. The minimum absolute atomic E-state index is 0.204. The minimum Gasteiger partial charge on any atom is -0.469 e. The number of imidazole rings is 1. The number of rotatable bonds is 5. The zero-order valence-electron chi connectivity index (χ0n) is 9.27. The van der Waals surface area contributed by atoms with E-state index in [1.807, 2.05) is 5.38 Å². The standard InChI is InChI=1S/C10H12N4O2S/c1-16-9(15)4-7-6-17-10(14-7)13-5-8-11-2-3-12-8/h2-3,6H,4-5H2,1H3,(H,11,12)(H,13,14). The van der Waals surface area contributed by atoms with Crippen LogP contribution in [0.5, 0.6) is 0 Å². The topological polar surface area (TPSA) is 79.9 Å². The smallest absolute Gasteiger partial charge is 0.311 e. The second-order valence-electron chi connectivity index (χ2n) is 3.29. The van der Waals surface area contributed by atoms with Gasteiger partial charge in [-0.1, -0.05) is 0 Å². The van der Waals surface area contributed by atoms with Gasteiger partial charge >= 0.3 is 5.97 Å². The zero-order valence-corrected chi connectivity index (χ0v) is 10.1. The lowest BCUT2D eigenvalue weighted by Crippen LogP contribution is -2.05. The summed E-state index contributed by atoms with van der Waals surface area (Å²) in [5, 5.41) is 5.72. The molecule has 0 radical (unpaired) electrons. The average molecular weight is 252 g/mol. The van der Waals surface area contributed by atoms with Gasteiger partial charge in [-0.15, -0.1) is 11.3 Å². The second-order valence-corrected chi connectivity index (χ2v) is 4.14. The summed E-state index contributed by atoms with van der Waals surface area (Å²) in [5.74, 6) is 0.558. The van der Waals surface area contributed by atoms with E-state index >= 15 is 0 Å². The van der Waals surface area contributed by atoms with Gasteiger partial charge in [0, 0.05) is 17.8 Å². The number of esters is 1. The predicted octanol–water partition coefficient (Wildman–Crippen LogP) is 1.19. The molecular formula is C10H12N4O2S. The van der Waals surface area contributed by atoms with Crippen LogP contribution in [-0.2, 0) is 22.5 Å². The maximum Gasteiger partial charge on any atom is 0.311 e. The number of thiazole rings is 1. The van der Waals surface area contributed by atoms with Gasteiger partial charge in [0.15, 0.2) is 5.13 Å². The summed E-state index contributed by atoms with van der Waals surface area (Å²) < 4.78 is 4.57. The van der Waals surface area contributed by atoms with Crippen LogP contribution >= 0.6 is 11.3 Å². The number of anilines is 1. The Balaban J connectivity index is 1.88. The SMILES string of the molecule is COC(=O)Cc1csc(NCc2ncc[nH]2)n1. The molecular weight excluding hydrogens is 240 g/mol. The highest BCUT2D eigenvalue weighted by Crippen LogP contribution is 2.16. The first-order valence-corrected chi connectivity index (χ1v) is 5.89. The number of nitrogens with zero attached hydrogens (tertiary/aromatic N) is 2. The number of carbonyl (C=O) groups excluding carboxylic acids is 1. The molecule has 7 heteroatoms. The first-order valence-electron chi connectivity index (χ1n) is 5.01. The van der Waals surface area contributed by atoms with Crippen molar-refractivity contribution in [2.45, 2.75) is 13.0 Å². The van der Waals surface area contributed by atoms with Crippen LogP contribution in [-0.4, -0.2) is 28.0 Å². The molecule has 2 rings (SSSR count). The van der Waals surface area contributed by atoms with Crippen molar-refractivity contribution in [3.63, 3.8) is 0 Å². The highest BCUT2D eigenvalue weighted by atomic mass is 32.1. The number of methoxy groups -OCH3 is 1. The molecule has 90 valence electrons. The number of hydrogen-bond acceptors (Lipinski definition) is 6. The van der Waals surface area contributed by atoms with E-state index in [1.165, 1.54) is 18.4 Å². The Morgan fingerprint density at radius 1 is 1.65 bits per heavy atom. The van der Waals surface area contributed by atoms with Crippen LogP contribution in [0.3, 0.4) is 0 Å². The molecule has 0 bridgehead atoms. The molecule has 2 aromatic heterocycles. The third-order valence-electron chi connectivity index (χ3n) is 2.07. The number of carbonyl (C=O) groups is 1. The first-order chi connectivity index (χ1) is 8.28. The molecule has 2 N–H and O–H groups in total. The van der Waals surface area contributed by atoms with Crippen molar-refractivity contribution in [2.75, 3.05) is 12.4 Å². The van der Waals surface area contributed by atoms with E-state index in [9.17, 15) is 4.79 Å². The van der Waals surface area contributed by atoms with Crippen molar-refractivity contribution in [3.05, 3.63) is 29.3 Å². The Kier molecular flexibility index (Phi) is 3.71. The summed E-state index contributed by atoms with van der Waals surface area (Å²) in [4.78, 5) is 22.4. The van der Waals surface area contributed by atoms with Crippen LogP contribution in [0.2, 0.25) is 0 Å². The van der Waals surface area contributed by atoms with Gasteiger partial charge < -0.3 is 15.0 Å². The lowest BCUT2D eigenvalue weighted by atomic mass is 10.3. The summed E-state index contributed by atoms with van der Waals surface area (Å²) in [5.41, 5.74) is 0.712. The monoisotopic (exact) mass is 252 g/mol. The van der Waals surface area contributed by atoms with Crippen LogP contribution in [0.25, 0.3) is 0 Å². The van der Waals surface area contributed by atoms with Crippen molar-refractivity contribution >= 4 is 22.4 Å². The van der Waals surface area contributed by atoms with Gasteiger partial charge in [-0.05, 0) is 0 Å². The molecule has 0 aliphatic rings. The lowest BCUT2D eigenvalue weighted by Gasteiger charge is -1.98. The molecule has 0 unspecified atom stereocenters. The normalized spacial score (nSPS) is 10.2. The molecule has 6 nitrogen and oxygen atoms in total. The number of aromatic amines is 1. The number of aromatic nitrogens is 3. The van der Waals surface area contributed by atoms with Gasteiger partial charge in [0.05, 0.1) is 25.8 Å². The van der Waals surface area contributed by atoms with E-state index < -0.39 is 0 Å². The van der Waals surface area contributed by atoms with Crippen molar-refractivity contribution in [1.29, 1.82) is 0 Å². The molecule has 0 atom stereocenters. The molecule has 0 aliphatic carbocycles. The summed E-state index contributed by atoms with van der Waals surface area (Å²) in [6, 6.07) is 0. The fourth-order valence-corrected chi connectivity index (χ4v) is 1.95. The van der Waals surface area contributed by atoms with E-state index in [2.05, 4.69) is 25.0 Å². The number of hydrogen-bond donors (Lipinski definition) is 2. The van der Waals surface area contributed by atoms with Gasteiger partial charge in [-0.2, -0.15) is 0 Å². The van der Waals surface area contributed by atoms with Gasteiger partial charge in [0.25, 0.3) is 0 Å². The Hall–Kier alpha value is -1.89. The maximum atomic E-state index is 11.0. The Morgan fingerprint density at radius 3 is 3.24 bits per heavy atom.